The molecule has 0 amide bonds. The summed E-state index contributed by atoms with van der Waals surface area (Å²) >= 11 is 0. The first-order chi connectivity index (χ1) is 15.1. The first-order valence-electron chi connectivity index (χ1n) is 12.6. The number of carbonyl (C=O) groups excluding carboxylic acids is 3. The number of fused-ring (bicyclic) bond motifs is 5. The van der Waals surface area contributed by atoms with E-state index in [4.69, 9.17) is 9.47 Å². The van der Waals surface area contributed by atoms with Crippen molar-refractivity contribution < 1.29 is 23.9 Å². The Labute approximate surface area is 192 Å². The van der Waals surface area contributed by atoms with Crippen LogP contribution in [0.3, 0.4) is 0 Å². The van der Waals surface area contributed by atoms with E-state index in [0.29, 0.717) is 42.3 Å². The zero-order chi connectivity index (χ0) is 23.3. The monoisotopic (exact) mass is 444 g/mol. The lowest BCUT2D eigenvalue weighted by Gasteiger charge is -2.57. The lowest BCUT2D eigenvalue weighted by molar-refractivity contribution is -0.149. The number of hydrogen-bond donors (Lipinski definition) is 0. The minimum absolute atomic E-state index is 0.0468. The second kappa shape index (κ2) is 8.61. The minimum atomic E-state index is -0.231. The molecule has 0 aromatic carbocycles. The Kier molecular flexibility index (Phi) is 6.32. The van der Waals surface area contributed by atoms with Crippen LogP contribution in [0.1, 0.15) is 85.5 Å². The number of ether oxygens (including phenoxy) is 2. The van der Waals surface area contributed by atoms with Gasteiger partial charge in [-0.2, -0.15) is 0 Å². The van der Waals surface area contributed by atoms with E-state index in [1.54, 1.807) is 0 Å². The van der Waals surface area contributed by atoms with E-state index >= 15 is 0 Å². The Morgan fingerprint density at radius 2 is 1.88 bits per heavy atom. The van der Waals surface area contributed by atoms with Crippen LogP contribution in [0.15, 0.2) is 11.6 Å². The number of esters is 2. The fourth-order valence-electron chi connectivity index (χ4n) is 8.33. The predicted molar refractivity (Wildman–Crippen MR) is 122 cm³/mol. The van der Waals surface area contributed by atoms with E-state index in [1.807, 2.05) is 6.08 Å². The van der Waals surface area contributed by atoms with Crippen molar-refractivity contribution in [1.29, 1.82) is 0 Å². The SMILES string of the molecule is COC(=O)CCC(C)C1CCC2C3C(=O)C=C4CC(OC(C)=O)CCC4(C)C3CCC12C. The number of allylic oxidation sites excluding steroid dienone is 1. The largest absolute Gasteiger partial charge is 0.469 e. The Hall–Kier alpha value is -1.65. The van der Waals surface area contributed by atoms with Crippen LogP contribution >= 0.6 is 0 Å². The maximum atomic E-state index is 13.5. The van der Waals surface area contributed by atoms with Crippen molar-refractivity contribution in [2.75, 3.05) is 7.11 Å². The average Bonchev–Trinajstić information content (AvgIpc) is 3.09. The summed E-state index contributed by atoms with van der Waals surface area (Å²) in [4.78, 5) is 36.7. The summed E-state index contributed by atoms with van der Waals surface area (Å²) in [6.45, 7) is 8.54. The normalized spacial score (nSPS) is 41.6. The molecule has 4 aliphatic carbocycles. The fourth-order valence-corrected chi connectivity index (χ4v) is 8.33. The maximum Gasteiger partial charge on any atom is 0.305 e. The molecular weight excluding hydrogens is 404 g/mol. The molecule has 8 unspecified atom stereocenters. The molecule has 32 heavy (non-hydrogen) atoms. The molecule has 8 atom stereocenters. The molecule has 5 nitrogen and oxygen atoms in total. The van der Waals surface area contributed by atoms with E-state index in [2.05, 4.69) is 20.8 Å². The average molecular weight is 445 g/mol. The molecule has 0 aromatic rings. The molecule has 0 N–H and O–H groups in total. The van der Waals surface area contributed by atoms with Crippen molar-refractivity contribution in [3.63, 3.8) is 0 Å². The number of ketones is 1. The van der Waals surface area contributed by atoms with Gasteiger partial charge in [0.05, 0.1) is 7.11 Å². The molecule has 178 valence electrons. The van der Waals surface area contributed by atoms with Crippen LogP contribution < -0.4 is 0 Å². The summed E-state index contributed by atoms with van der Waals surface area (Å²) in [6, 6.07) is 0. The third kappa shape index (κ3) is 3.84. The van der Waals surface area contributed by atoms with Gasteiger partial charge in [0, 0.05) is 25.7 Å². The van der Waals surface area contributed by atoms with Crippen LogP contribution in [0.5, 0.6) is 0 Å². The van der Waals surface area contributed by atoms with E-state index in [0.717, 1.165) is 44.9 Å². The highest BCUT2D eigenvalue weighted by Crippen LogP contribution is 2.66. The second-order valence-corrected chi connectivity index (χ2v) is 11.5. The molecule has 0 radical (unpaired) electrons. The molecule has 0 heterocycles. The summed E-state index contributed by atoms with van der Waals surface area (Å²) in [6.07, 6.45) is 10.3. The molecule has 0 aromatic heterocycles. The summed E-state index contributed by atoms with van der Waals surface area (Å²) in [5, 5.41) is 0. The minimum Gasteiger partial charge on any atom is -0.469 e. The molecule has 0 bridgehead atoms. The van der Waals surface area contributed by atoms with Gasteiger partial charge < -0.3 is 9.47 Å². The van der Waals surface area contributed by atoms with E-state index in [1.165, 1.54) is 19.6 Å². The number of rotatable bonds is 5. The topological polar surface area (TPSA) is 69.7 Å². The Balaban J connectivity index is 1.54. The van der Waals surface area contributed by atoms with Gasteiger partial charge in [-0.15, -0.1) is 0 Å². The van der Waals surface area contributed by atoms with Crippen LogP contribution in [0.4, 0.5) is 0 Å². The standard InChI is InChI=1S/C27H40O5/c1-16(6-9-24(30)31-5)20-7-8-21-25-22(11-13-27(20,21)4)26(3)12-10-19(32-17(2)28)14-18(26)15-23(25)29/h15-16,19-22,25H,6-14H2,1-5H3. The zero-order valence-electron chi connectivity index (χ0n) is 20.4. The first kappa shape index (κ1) is 23.5. The van der Waals surface area contributed by atoms with Gasteiger partial charge in [-0.1, -0.05) is 26.3 Å². The second-order valence-electron chi connectivity index (χ2n) is 11.5. The van der Waals surface area contributed by atoms with Gasteiger partial charge in [-0.25, -0.2) is 0 Å². The quantitative estimate of drug-likeness (QED) is 0.541. The van der Waals surface area contributed by atoms with Crippen LogP contribution in [0.25, 0.3) is 0 Å². The Bertz CT molecular complexity index is 815. The van der Waals surface area contributed by atoms with Gasteiger partial charge >= 0.3 is 11.9 Å². The number of hydrogen-bond acceptors (Lipinski definition) is 5. The van der Waals surface area contributed by atoms with Crippen LogP contribution in [0, 0.1) is 40.4 Å². The van der Waals surface area contributed by atoms with E-state index in [-0.39, 0.29) is 34.8 Å². The van der Waals surface area contributed by atoms with Gasteiger partial charge in [-0.3, -0.25) is 14.4 Å². The Morgan fingerprint density at radius 1 is 1.12 bits per heavy atom. The van der Waals surface area contributed by atoms with Crippen molar-refractivity contribution in [2.24, 2.45) is 40.4 Å². The third-order valence-corrected chi connectivity index (χ3v) is 10.0. The number of carbonyl (C=O) groups is 3. The van der Waals surface area contributed by atoms with E-state index < -0.39 is 0 Å². The highest BCUT2D eigenvalue weighted by Gasteiger charge is 2.61. The summed E-state index contributed by atoms with van der Waals surface area (Å²) in [5.74, 6) is 1.92. The van der Waals surface area contributed by atoms with Gasteiger partial charge in [0.1, 0.15) is 6.10 Å². The van der Waals surface area contributed by atoms with Crippen molar-refractivity contribution >= 4 is 17.7 Å². The van der Waals surface area contributed by atoms with E-state index in [9.17, 15) is 14.4 Å². The molecule has 3 fully saturated rings. The molecule has 0 aliphatic heterocycles. The molecule has 0 spiro atoms. The van der Waals surface area contributed by atoms with Crippen LogP contribution in [-0.2, 0) is 23.9 Å². The third-order valence-electron chi connectivity index (χ3n) is 10.0. The molecular formula is C27H40O5. The van der Waals surface area contributed by atoms with Gasteiger partial charge in [0.2, 0.25) is 0 Å². The molecule has 4 aliphatic rings. The van der Waals surface area contributed by atoms with Crippen molar-refractivity contribution in [2.45, 2.75) is 91.6 Å². The molecule has 5 heteroatoms. The predicted octanol–water partition coefficient (Wildman–Crippen LogP) is 5.27. The smallest absolute Gasteiger partial charge is 0.305 e. The first-order valence-corrected chi connectivity index (χ1v) is 12.6. The highest BCUT2D eigenvalue weighted by atomic mass is 16.5. The maximum absolute atomic E-state index is 13.5. The number of methoxy groups -OCH3 is 1. The summed E-state index contributed by atoms with van der Waals surface area (Å²) in [7, 11) is 1.46. The van der Waals surface area contributed by atoms with Crippen LogP contribution in [-0.4, -0.2) is 30.9 Å². The molecule has 0 saturated heterocycles. The Morgan fingerprint density at radius 3 is 2.56 bits per heavy atom. The summed E-state index contributed by atoms with van der Waals surface area (Å²) < 4.78 is 10.4. The van der Waals surface area contributed by atoms with Crippen molar-refractivity contribution in [3.8, 4) is 0 Å². The lowest BCUT2D eigenvalue weighted by atomic mass is 9.46. The van der Waals surface area contributed by atoms with Crippen molar-refractivity contribution in [1.82, 2.24) is 0 Å². The van der Waals surface area contributed by atoms with Crippen molar-refractivity contribution in [3.05, 3.63) is 11.6 Å². The molecule has 4 rings (SSSR count). The fraction of sp³-hybridized carbons (Fsp3) is 0.815. The van der Waals surface area contributed by atoms with Gasteiger partial charge in [-0.05, 0) is 85.5 Å². The molecule has 3 saturated carbocycles. The van der Waals surface area contributed by atoms with Gasteiger partial charge in [0.15, 0.2) is 5.78 Å². The lowest BCUT2D eigenvalue weighted by Crippen LogP contribution is -2.53. The van der Waals surface area contributed by atoms with Gasteiger partial charge in [0.25, 0.3) is 0 Å². The zero-order valence-corrected chi connectivity index (χ0v) is 20.4. The highest BCUT2D eigenvalue weighted by molar-refractivity contribution is 5.94. The van der Waals surface area contributed by atoms with Crippen LogP contribution in [0.2, 0.25) is 0 Å². The summed E-state index contributed by atoms with van der Waals surface area (Å²) in [5.41, 5.74) is 1.43.